The summed E-state index contributed by atoms with van der Waals surface area (Å²) in [5.74, 6) is 0.827. The van der Waals surface area contributed by atoms with Crippen LogP contribution in [0.4, 0.5) is 5.69 Å². The number of carbonyl (C=O) groups is 2. The summed E-state index contributed by atoms with van der Waals surface area (Å²) in [4.78, 5) is 42.1. The zero-order valence-corrected chi connectivity index (χ0v) is 30.6. The van der Waals surface area contributed by atoms with Crippen molar-refractivity contribution >= 4 is 17.6 Å². The monoisotopic (exact) mass is 737 g/mol. The minimum atomic E-state index is -0.557. The van der Waals surface area contributed by atoms with Crippen LogP contribution in [0.1, 0.15) is 52.0 Å². The third-order valence-corrected chi connectivity index (χ3v) is 9.19. The molecule has 4 bridgehead atoms. The van der Waals surface area contributed by atoms with Crippen molar-refractivity contribution < 1.29 is 52.4 Å². The molecule has 53 heavy (non-hydrogen) atoms. The quantitative estimate of drug-likeness (QED) is 0.153. The van der Waals surface area contributed by atoms with E-state index in [9.17, 15) is 19.7 Å². The zero-order chi connectivity index (χ0) is 37.7. The molecule has 0 aromatic heterocycles. The molecule has 3 atom stereocenters. The molecule has 15 heteroatoms. The maximum absolute atomic E-state index is 13.8. The van der Waals surface area contributed by atoms with E-state index < -0.39 is 23.0 Å². The molecule has 0 saturated carbocycles. The van der Waals surface area contributed by atoms with Gasteiger partial charge in [0.25, 0.3) is 5.69 Å². The maximum atomic E-state index is 13.8. The predicted molar refractivity (Wildman–Crippen MR) is 193 cm³/mol. The first-order chi connectivity index (χ1) is 25.7. The van der Waals surface area contributed by atoms with Gasteiger partial charge in [0.2, 0.25) is 11.5 Å². The molecule has 2 aliphatic rings. The Labute approximate surface area is 308 Å². The van der Waals surface area contributed by atoms with Crippen LogP contribution >= 0.6 is 0 Å². The third-order valence-electron chi connectivity index (χ3n) is 9.19. The topological polar surface area (TPSA) is 158 Å². The zero-order valence-electron chi connectivity index (χ0n) is 30.6. The van der Waals surface area contributed by atoms with Gasteiger partial charge in [0.15, 0.2) is 23.0 Å². The normalized spacial score (nSPS) is 19.6. The maximum Gasteiger partial charge on any atom is 0.338 e. The number of fused-ring (bicyclic) bond motifs is 5. The second-order valence-electron chi connectivity index (χ2n) is 12.6. The molecule has 3 unspecified atom stereocenters. The number of cyclic esters (lactones) is 1. The van der Waals surface area contributed by atoms with E-state index in [1.165, 1.54) is 40.6 Å². The van der Waals surface area contributed by atoms with Crippen LogP contribution in [0.25, 0.3) is 0 Å². The molecule has 0 amide bonds. The Balaban J connectivity index is 1.34. The summed E-state index contributed by atoms with van der Waals surface area (Å²) >= 11 is 0. The SMILES string of the molecule is COc1cc2cc(c1OC)OCCCC(OC(=O)c1cc(OC)c(OC)c(OCc3ccc([N+](=O)[O-])cc3)c1)CCN1CCCN(CCOC2=O)CC1. The fourth-order valence-electron chi connectivity index (χ4n) is 6.31. The van der Waals surface area contributed by atoms with E-state index in [1.54, 1.807) is 36.4 Å². The number of esters is 2. The van der Waals surface area contributed by atoms with Gasteiger partial charge in [-0.2, -0.15) is 0 Å². The number of methoxy groups -OCH3 is 4. The molecule has 5 rings (SSSR count). The first kappa shape index (κ1) is 38.9. The number of nitro groups is 1. The summed E-state index contributed by atoms with van der Waals surface area (Å²) < 4.78 is 46.1. The van der Waals surface area contributed by atoms with Crippen LogP contribution in [-0.4, -0.2) is 114 Å². The Kier molecular flexibility index (Phi) is 13.9. The smallest absolute Gasteiger partial charge is 0.338 e. The summed E-state index contributed by atoms with van der Waals surface area (Å²) in [6, 6.07) is 12.2. The highest BCUT2D eigenvalue weighted by Crippen LogP contribution is 2.40. The molecule has 0 N–H and O–H groups in total. The Hall–Kier alpha value is -5.28. The average Bonchev–Trinajstić information content (AvgIpc) is 3.41. The number of carbonyl (C=O) groups excluding carboxylic acids is 2. The van der Waals surface area contributed by atoms with Crippen molar-refractivity contribution in [2.75, 3.05) is 80.9 Å². The van der Waals surface area contributed by atoms with Crippen molar-refractivity contribution in [3.05, 3.63) is 75.3 Å². The lowest BCUT2D eigenvalue weighted by molar-refractivity contribution is -0.384. The molecule has 2 heterocycles. The molecule has 3 aromatic carbocycles. The van der Waals surface area contributed by atoms with Crippen molar-refractivity contribution in [1.82, 2.24) is 9.80 Å². The fourth-order valence-corrected chi connectivity index (χ4v) is 6.31. The van der Waals surface area contributed by atoms with Gasteiger partial charge in [-0.05, 0) is 80.7 Å². The number of rotatable bonds is 10. The molecule has 3 aromatic rings. The van der Waals surface area contributed by atoms with E-state index in [0.29, 0.717) is 59.9 Å². The molecule has 1 fully saturated rings. The van der Waals surface area contributed by atoms with Crippen LogP contribution in [-0.2, 0) is 16.1 Å². The van der Waals surface area contributed by atoms with Gasteiger partial charge < -0.3 is 42.8 Å². The summed E-state index contributed by atoms with van der Waals surface area (Å²) in [5, 5.41) is 11.1. The third kappa shape index (κ3) is 10.4. The highest BCUT2D eigenvalue weighted by atomic mass is 16.6. The average molecular weight is 738 g/mol. The van der Waals surface area contributed by atoms with E-state index >= 15 is 0 Å². The Morgan fingerprint density at radius 3 is 2.13 bits per heavy atom. The van der Waals surface area contributed by atoms with Gasteiger partial charge in [0.1, 0.15) is 19.3 Å². The Bertz CT molecular complexity index is 1720. The highest BCUT2D eigenvalue weighted by molar-refractivity contribution is 5.92. The second kappa shape index (κ2) is 19.0. The number of benzene rings is 3. The lowest BCUT2D eigenvalue weighted by atomic mass is 10.1. The largest absolute Gasteiger partial charge is 0.493 e. The molecule has 0 aliphatic carbocycles. The number of hydrogen-bond donors (Lipinski definition) is 0. The van der Waals surface area contributed by atoms with Gasteiger partial charge in [0.05, 0.1) is 51.1 Å². The molecule has 0 spiro atoms. The number of ether oxygens (including phenoxy) is 8. The van der Waals surface area contributed by atoms with Gasteiger partial charge in [-0.25, -0.2) is 9.59 Å². The van der Waals surface area contributed by atoms with Crippen molar-refractivity contribution in [2.45, 2.75) is 38.4 Å². The highest BCUT2D eigenvalue weighted by Gasteiger charge is 2.25. The van der Waals surface area contributed by atoms with Crippen LogP contribution in [0, 0.1) is 10.1 Å². The molecular weight excluding hydrogens is 690 g/mol. The van der Waals surface area contributed by atoms with Crippen LogP contribution in [0.2, 0.25) is 0 Å². The van der Waals surface area contributed by atoms with Gasteiger partial charge in [-0.1, -0.05) is 0 Å². The van der Waals surface area contributed by atoms with E-state index in [1.807, 2.05) is 0 Å². The lowest BCUT2D eigenvalue weighted by Crippen LogP contribution is -2.34. The Morgan fingerprint density at radius 1 is 0.774 bits per heavy atom. The van der Waals surface area contributed by atoms with Crippen LogP contribution in [0.5, 0.6) is 34.5 Å². The van der Waals surface area contributed by atoms with Crippen molar-refractivity contribution in [3.63, 3.8) is 0 Å². The first-order valence-corrected chi connectivity index (χ1v) is 17.6. The lowest BCUT2D eigenvalue weighted by Gasteiger charge is -2.25. The summed E-state index contributed by atoms with van der Waals surface area (Å²) in [6.45, 7) is 5.35. The molecular formula is C38H47N3O12. The van der Waals surface area contributed by atoms with Crippen molar-refractivity contribution in [1.29, 1.82) is 0 Å². The van der Waals surface area contributed by atoms with Gasteiger partial charge in [0, 0.05) is 38.3 Å². The van der Waals surface area contributed by atoms with Crippen molar-refractivity contribution in [2.24, 2.45) is 0 Å². The van der Waals surface area contributed by atoms with E-state index in [-0.39, 0.29) is 42.6 Å². The van der Waals surface area contributed by atoms with Gasteiger partial charge >= 0.3 is 11.9 Å². The molecule has 0 radical (unpaired) electrons. The van der Waals surface area contributed by atoms with Crippen molar-refractivity contribution in [3.8, 4) is 34.5 Å². The molecule has 286 valence electrons. The molecule has 1 saturated heterocycles. The number of non-ortho nitro benzene ring substituents is 1. The molecule has 2 aliphatic heterocycles. The van der Waals surface area contributed by atoms with E-state index in [4.69, 9.17) is 37.9 Å². The standard InChI is InChI=1S/C38H47N3O12/c1-46-31-21-27-23-33(35(31)48-3)50-19-5-7-30(12-15-39-13-6-14-40(17-16-39)18-20-51-37(27)42)53-38(43)28-22-32(47-2)36(49-4)34(24-28)52-25-26-8-10-29(11-9-26)41(44)45/h8-11,21-24,30H,5-7,12-20,25H2,1-4H3. The van der Waals surface area contributed by atoms with Gasteiger partial charge in [-0.3, -0.25) is 15.0 Å². The minimum absolute atomic E-state index is 0.0301. The fraction of sp³-hybridized carbons (Fsp3) is 0.474. The number of nitro benzene ring substituents is 1. The van der Waals surface area contributed by atoms with Gasteiger partial charge in [-0.15, -0.1) is 0 Å². The first-order valence-electron chi connectivity index (χ1n) is 17.6. The van der Waals surface area contributed by atoms with E-state index in [0.717, 1.165) is 39.1 Å². The molecule has 15 nitrogen and oxygen atoms in total. The Morgan fingerprint density at radius 2 is 1.45 bits per heavy atom. The number of hydrogen-bond acceptors (Lipinski definition) is 14. The van der Waals surface area contributed by atoms with Crippen LogP contribution < -0.4 is 28.4 Å². The second-order valence-corrected chi connectivity index (χ2v) is 12.6. The predicted octanol–water partition coefficient (Wildman–Crippen LogP) is 5.16. The minimum Gasteiger partial charge on any atom is -0.493 e. The van der Waals surface area contributed by atoms with Crippen LogP contribution in [0.15, 0.2) is 48.5 Å². The van der Waals surface area contributed by atoms with E-state index in [2.05, 4.69) is 9.80 Å². The number of nitrogens with zero attached hydrogens (tertiary/aromatic N) is 3. The summed E-state index contributed by atoms with van der Waals surface area (Å²) in [7, 11) is 5.92. The summed E-state index contributed by atoms with van der Waals surface area (Å²) in [5.41, 5.74) is 1.16. The summed E-state index contributed by atoms with van der Waals surface area (Å²) in [6.07, 6.45) is 2.15. The van der Waals surface area contributed by atoms with Crippen LogP contribution in [0.3, 0.4) is 0 Å².